The van der Waals surface area contributed by atoms with Gasteiger partial charge in [-0.3, -0.25) is 0 Å². The number of carbonyl (C=O) groups excluding carboxylic acids is 1. The van der Waals surface area contributed by atoms with Crippen LogP contribution in [-0.2, 0) is 10.0 Å². The number of piperidine rings is 1. The topological polar surface area (TPSA) is 87.7 Å². The van der Waals surface area contributed by atoms with Crippen LogP contribution in [0.4, 0.5) is 4.79 Å². The summed E-state index contributed by atoms with van der Waals surface area (Å²) < 4.78 is 33.4. The van der Waals surface area contributed by atoms with Gasteiger partial charge in [0.25, 0.3) is 0 Å². The molecular weight excluding hydrogens is 378 g/mol. The molecule has 7 nitrogen and oxygen atoms in total. The van der Waals surface area contributed by atoms with E-state index < -0.39 is 10.0 Å². The fourth-order valence-electron chi connectivity index (χ4n) is 3.44. The second kappa shape index (κ2) is 8.69. The molecule has 1 aromatic carbocycles. The lowest BCUT2D eigenvalue weighted by atomic mass is 9.97. The van der Waals surface area contributed by atoms with Crippen LogP contribution in [0, 0.1) is 19.8 Å². The van der Waals surface area contributed by atoms with Gasteiger partial charge in [0.15, 0.2) is 0 Å². The first-order chi connectivity index (χ1) is 12.9. The number of sulfonamides is 1. The molecule has 1 fully saturated rings. The Morgan fingerprint density at radius 3 is 2.18 bits per heavy atom. The lowest BCUT2D eigenvalue weighted by Crippen LogP contribution is -2.51. The van der Waals surface area contributed by atoms with Gasteiger partial charge in [-0.15, -0.1) is 0 Å². The van der Waals surface area contributed by atoms with E-state index in [0.717, 1.165) is 24.0 Å². The van der Waals surface area contributed by atoms with Crippen LogP contribution in [0.3, 0.4) is 0 Å². The number of nitrogens with zero attached hydrogens (tertiary/aromatic N) is 1. The van der Waals surface area contributed by atoms with Crippen molar-refractivity contribution in [2.45, 2.75) is 57.9 Å². The standard InChI is InChI=1S/C20H33N3O4S/c1-14-11-17(12-15(2)18(14)27-6)28(25,26)21-13-16-7-9-23(10-8-16)19(24)22-20(3,4)5/h11-12,16,21H,7-10,13H2,1-6H3,(H,22,24). The van der Waals surface area contributed by atoms with E-state index in [1.54, 1.807) is 24.1 Å². The number of rotatable bonds is 5. The normalized spacial score (nSPS) is 16.1. The van der Waals surface area contributed by atoms with Crippen LogP contribution in [0.1, 0.15) is 44.7 Å². The number of nitrogens with one attached hydrogen (secondary N) is 2. The molecule has 1 heterocycles. The molecule has 2 N–H and O–H groups in total. The van der Waals surface area contributed by atoms with E-state index in [4.69, 9.17) is 4.74 Å². The van der Waals surface area contributed by atoms with Gasteiger partial charge in [0.2, 0.25) is 10.0 Å². The molecule has 0 spiro atoms. The van der Waals surface area contributed by atoms with Crippen LogP contribution < -0.4 is 14.8 Å². The molecule has 8 heteroatoms. The van der Waals surface area contributed by atoms with Gasteiger partial charge in [-0.1, -0.05) is 0 Å². The monoisotopic (exact) mass is 411 g/mol. The average molecular weight is 412 g/mol. The molecule has 0 saturated carbocycles. The van der Waals surface area contributed by atoms with Gasteiger partial charge in [0.1, 0.15) is 5.75 Å². The van der Waals surface area contributed by atoms with Crippen molar-refractivity contribution in [1.82, 2.24) is 14.9 Å². The summed E-state index contributed by atoms with van der Waals surface area (Å²) in [5.74, 6) is 0.925. The molecular formula is C20H33N3O4S. The number of ether oxygens (including phenoxy) is 1. The minimum atomic E-state index is -3.58. The largest absolute Gasteiger partial charge is 0.496 e. The highest BCUT2D eigenvalue weighted by molar-refractivity contribution is 7.89. The number of likely N-dealkylation sites (tertiary alicyclic amines) is 1. The molecule has 1 aromatic rings. The summed E-state index contributed by atoms with van der Waals surface area (Å²) in [4.78, 5) is 14.3. The first-order valence-corrected chi connectivity index (χ1v) is 11.1. The van der Waals surface area contributed by atoms with E-state index in [1.807, 2.05) is 34.6 Å². The second-order valence-corrected chi connectivity index (χ2v) is 10.3. The number of benzene rings is 1. The highest BCUT2D eigenvalue weighted by Gasteiger charge is 2.26. The van der Waals surface area contributed by atoms with Gasteiger partial charge in [0, 0.05) is 25.2 Å². The van der Waals surface area contributed by atoms with Gasteiger partial charge in [-0.05, 0) is 76.6 Å². The third-order valence-corrected chi connectivity index (χ3v) is 6.30. The van der Waals surface area contributed by atoms with Crippen LogP contribution in [0.15, 0.2) is 17.0 Å². The highest BCUT2D eigenvalue weighted by Crippen LogP contribution is 2.26. The van der Waals surface area contributed by atoms with E-state index in [1.165, 1.54) is 0 Å². The van der Waals surface area contributed by atoms with E-state index in [9.17, 15) is 13.2 Å². The quantitative estimate of drug-likeness (QED) is 0.780. The molecule has 0 aromatic heterocycles. The lowest BCUT2D eigenvalue weighted by Gasteiger charge is -2.34. The molecule has 0 atom stereocenters. The third-order valence-electron chi connectivity index (χ3n) is 4.89. The van der Waals surface area contributed by atoms with Crippen LogP contribution in [0.2, 0.25) is 0 Å². The van der Waals surface area contributed by atoms with Gasteiger partial charge < -0.3 is 15.0 Å². The van der Waals surface area contributed by atoms with E-state index in [-0.39, 0.29) is 22.4 Å². The van der Waals surface area contributed by atoms with E-state index in [2.05, 4.69) is 10.0 Å². The van der Waals surface area contributed by atoms with Gasteiger partial charge in [-0.25, -0.2) is 17.9 Å². The van der Waals surface area contributed by atoms with Gasteiger partial charge in [-0.2, -0.15) is 0 Å². The summed E-state index contributed by atoms with van der Waals surface area (Å²) in [6.07, 6.45) is 1.56. The Kier molecular flexibility index (Phi) is 6.98. The summed E-state index contributed by atoms with van der Waals surface area (Å²) in [6, 6.07) is 3.21. The molecule has 0 unspecified atom stereocenters. The fourth-order valence-corrected chi connectivity index (χ4v) is 4.72. The maximum absolute atomic E-state index is 12.7. The van der Waals surface area contributed by atoms with Crippen LogP contribution in [0.5, 0.6) is 5.75 Å². The minimum absolute atomic E-state index is 0.0595. The van der Waals surface area contributed by atoms with E-state index in [0.29, 0.717) is 25.4 Å². The lowest BCUT2D eigenvalue weighted by molar-refractivity contribution is 0.163. The molecule has 0 radical (unpaired) electrons. The molecule has 0 aliphatic carbocycles. The predicted octanol–water partition coefficient (Wildman–Crippen LogP) is 2.81. The predicted molar refractivity (Wildman–Crippen MR) is 110 cm³/mol. The molecule has 1 saturated heterocycles. The molecule has 0 bridgehead atoms. The Balaban J connectivity index is 1.92. The molecule has 2 amide bonds. The Bertz CT molecular complexity index is 784. The summed E-state index contributed by atoms with van der Waals surface area (Å²) in [5, 5.41) is 2.97. The summed E-state index contributed by atoms with van der Waals surface area (Å²) in [5.41, 5.74) is 1.32. The zero-order chi connectivity index (χ0) is 21.1. The van der Waals surface area contributed by atoms with Gasteiger partial charge in [0.05, 0.1) is 12.0 Å². The summed E-state index contributed by atoms with van der Waals surface area (Å²) in [6.45, 7) is 11.2. The zero-order valence-corrected chi connectivity index (χ0v) is 18.6. The first kappa shape index (κ1) is 22.5. The van der Waals surface area contributed by atoms with Crippen molar-refractivity contribution in [2.24, 2.45) is 5.92 Å². The fraction of sp³-hybridized carbons (Fsp3) is 0.650. The average Bonchev–Trinajstić information content (AvgIpc) is 2.58. The second-order valence-electron chi connectivity index (χ2n) is 8.55. The third kappa shape index (κ3) is 5.85. The Morgan fingerprint density at radius 2 is 1.71 bits per heavy atom. The van der Waals surface area contributed by atoms with Crippen molar-refractivity contribution < 1.29 is 17.9 Å². The van der Waals surface area contributed by atoms with Crippen molar-refractivity contribution in [1.29, 1.82) is 0 Å². The van der Waals surface area contributed by atoms with Crippen molar-refractivity contribution >= 4 is 16.1 Å². The SMILES string of the molecule is COc1c(C)cc(S(=O)(=O)NCC2CCN(C(=O)NC(C)(C)C)CC2)cc1C. The summed E-state index contributed by atoms with van der Waals surface area (Å²) in [7, 11) is -2.00. The molecule has 1 aliphatic heterocycles. The van der Waals surface area contributed by atoms with Crippen molar-refractivity contribution in [2.75, 3.05) is 26.7 Å². The summed E-state index contributed by atoms with van der Waals surface area (Å²) >= 11 is 0. The highest BCUT2D eigenvalue weighted by atomic mass is 32.2. The Hall–Kier alpha value is -1.80. The van der Waals surface area contributed by atoms with Crippen molar-refractivity contribution in [3.8, 4) is 5.75 Å². The van der Waals surface area contributed by atoms with Crippen LogP contribution >= 0.6 is 0 Å². The molecule has 1 aliphatic rings. The number of aryl methyl sites for hydroxylation is 2. The number of carbonyl (C=O) groups is 1. The number of hydrogen-bond donors (Lipinski definition) is 2. The Morgan fingerprint density at radius 1 is 1.18 bits per heavy atom. The maximum Gasteiger partial charge on any atom is 0.317 e. The zero-order valence-electron chi connectivity index (χ0n) is 17.8. The number of urea groups is 1. The maximum atomic E-state index is 12.7. The van der Waals surface area contributed by atoms with Crippen molar-refractivity contribution in [3.63, 3.8) is 0 Å². The first-order valence-electron chi connectivity index (χ1n) is 9.65. The van der Waals surface area contributed by atoms with E-state index >= 15 is 0 Å². The smallest absolute Gasteiger partial charge is 0.317 e. The van der Waals surface area contributed by atoms with Crippen molar-refractivity contribution in [3.05, 3.63) is 23.3 Å². The molecule has 2 rings (SSSR count). The van der Waals surface area contributed by atoms with Gasteiger partial charge >= 0.3 is 6.03 Å². The molecule has 28 heavy (non-hydrogen) atoms. The number of amides is 2. The minimum Gasteiger partial charge on any atom is -0.496 e. The van der Waals surface area contributed by atoms with Crippen LogP contribution in [-0.4, -0.2) is 51.6 Å². The molecule has 158 valence electrons. The number of methoxy groups -OCH3 is 1. The number of hydrogen-bond acceptors (Lipinski definition) is 4. The Labute approximate surface area is 168 Å². The van der Waals surface area contributed by atoms with Crippen LogP contribution in [0.25, 0.3) is 0 Å².